The smallest absolute Gasteiger partial charge is 0.289 e. The molecule has 5 heteroatoms. The molecule has 4 aromatic rings. The summed E-state index contributed by atoms with van der Waals surface area (Å²) in [6, 6.07) is 19.8. The average molecular weight is 342 g/mol. The molecule has 0 radical (unpaired) electrons. The summed E-state index contributed by atoms with van der Waals surface area (Å²) in [5, 5.41) is 6.46. The Labute approximate surface area is 151 Å². The first-order valence-electron chi connectivity index (χ1n) is 8.53. The lowest BCUT2D eigenvalue weighted by Gasteiger charge is -2.02. The third-order valence-electron chi connectivity index (χ3n) is 4.39. The molecular formula is C21H18N4O. The van der Waals surface area contributed by atoms with Crippen molar-refractivity contribution in [2.75, 3.05) is 0 Å². The highest BCUT2D eigenvalue weighted by Gasteiger charge is 2.09. The molecule has 0 aliphatic carbocycles. The van der Waals surface area contributed by atoms with Gasteiger partial charge < -0.3 is 4.57 Å². The van der Waals surface area contributed by atoms with Crippen molar-refractivity contribution in [3.8, 4) is 0 Å². The van der Waals surface area contributed by atoms with E-state index in [0.717, 1.165) is 12.1 Å². The fourth-order valence-electron chi connectivity index (χ4n) is 3.21. The summed E-state index contributed by atoms with van der Waals surface area (Å²) in [6.07, 6.45) is 3.23. The molecule has 5 nitrogen and oxygen atoms in total. The van der Waals surface area contributed by atoms with Crippen LogP contribution in [0.1, 0.15) is 23.0 Å². The molecule has 0 bridgehead atoms. The highest BCUT2D eigenvalue weighted by Crippen LogP contribution is 2.29. The maximum absolute atomic E-state index is 12.0. The normalized spacial score (nSPS) is 11.4. The van der Waals surface area contributed by atoms with Crippen LogP contribution in [-0.2, 0) is 6.54 Å². The van der Waals surface area contributed by atoms with Crippen molar-refractivity contribution in [2.24, 2.45) is 5.10 Å². The lowest BCUT2D eigenvalue weighted by Crippen LogP contribution is -2.18. The number of aromatic nitrogens is 2. The molecule has 26 heavy (non-hydrogen) atoms. The van der Waals surface area contributed by atoms with E-state index in [1.807, 2.05) is 6.07 Å². The Morgan fingerprint density at radius 2 is 1.88 bits per heavy atom. The summed E-state index contributed by atoms with van der Waals surface area (Å²) in [5.41, 5.74) is 6.20. The van der Waals surface area contributed by atoms with E-state index in [2.05, 4.69) is 63.4 Å². The first-order valence-corrected chi connectivity index (χ1v) is 8.53. The zero-order valence-electron chi connectivity index (χ0n) is 14.4. The van der Waals surface area contributed by atoms with E-state index in [-0.39, 0.29) is 5.91 Å². The topological polar surface area (TPSA) is 59.3 Å². The molecule has 0 aliphatic heterocycles. The summed E-state index contributed by atoms with van der Waals surface area (Å²) < 4.78 is 2.30. The number of carbonyl (C=O) groups excluding carboxylic acids is 1. The van der Waals surface area contributed by atoms with Crippen molar-refractivity contribution in [3.05, 3.63) is 78.1 Å². The zero-order chi connectivity index (χ0) is 17.9. The Bertz CT molecular complexity index is 1110. The van der Waals surface area contributed by atoms with Gasteiger partial charge in [-0.2, -0.15) is 5.10 Å². The molecular weight excluding hydrogens is 324 g/mol. The van der Waals surface area contributed by atoms with Gasteiger partial charge in [-0.1, -0.05) is 30.3 Å². The first kappa shape index (κ1) is 16.0. The molecule has 0 aliphatic rings. The standard InChI is InChI=1S/C21H18N4O/c1-2-25-19-9-4-3-7-16(19)17-13-15(10-11-20(17)25)14-23-24-21(26)18-8-5-6-12-22-18/h3-14H,2H2,1H3,(H,24,26)/b23-14+. The highest BCUT2D eigenvalue weighted by atomic mass is 16.2. The first-order chi connectivity index (χ1) is 12.8. The summed E-state index contributed by atoms with van der Waals surface area (Å²) in [6.45, 7) is 3.06. The molecule has 2 aromatic carbocycles. The van der Waals surface area contributed by atoms with Gasteiger partial charge in [-0.3, -0.25) is 9.78 Å². The lowest BCUT2D eigenvalue weighted by atomic mass is 10.1. The molecule has 4 rings (SSSR count). The second kappa shape index (κ2) is 6.80. The second-order valence-electron chi connectivity index (χ2n) is 5.95. The fourth-order valence-corrected chi connectivity index (χ4v) is 3.21. The number of carbonyl (C=O) groups is 1. The van der Waals surface area contributed by atoms with E-state index in [0.29, 0.717) is 5.69 Å². The number of hydrogen-bond acceptors (Lipinski definition) is 3. The van der Waals surface area contributed by atoms with E-state index in [9.17, 15) is 4.79 Å². The summed E-state index contributed by atoms with van der Waals surface area (Å²) in [4.78, 5) is 16.0. The minimum Gasteiger partial charge on any atom is -0.341 e. The molecule has 0 fully saturated rings. The zero-order valence-corrected chi connectivity index (χ0v) is 14.4. The van der Waals surface area contributed by atoms with Crippen LogP contribution in [0, 0.1) is 0 Å². The van der Waals surface area contributed by atoms with Gasteiger partial charge in [0.05, 0.1) is 6.21 Å². The number of rotatable bonds is 4. The highest BCUT2D eigenvalue weighted by molar-refractivity contribution is 6.09. The van der Waals surface area contributed by atoms with Crippen LogP contribution in [0.3, 0.4) is 0 Å². The number of nitrogens with one attached hydrogen (secondary N) is 1. The maximum atomic E-state index is 12.0. The molecule has 1 N–H and O–H groups in total. The van der Waals surface area contributed by atoms with Crippen LogP contribution in [0.25, 0.3) is 21.8 Å². The van der Waals surface area contributed by atoms with Gasteiger partial charge in [0.2, 0.25) is 0 Å². The van der Waals surface area contributed by atoms with Crippen molar-refractivity contribution >= 4 is 33.9 Å². The number of aryl methyl sites for hydroxylation is 1. The molecule has 2 heterocycles. The van der Waals surface area contributed by atoms with E-state index in [1.165, 1.54) is 21.8 Å². The molecule has 0 unspecified atom stereocenters. The molecule has 0 saturated heterocycles. The Balaban J connectivity index is 1.63. The molecule has 0 spiro atoms. The van der Waals surface area contributed by atoms with Gasteiger partial charge in [0.1, 0.15) is 5.69 Å². The van der Waals surface area contributed by atoms with E-state index in [4.69, 9.17) is 0 Å². The van der Waals surface area contributed by atoms with Crippen LogP contribution in [0.4, 0.5) is 0 Å². The largest absolute Gasteiger partial charge is 0.341 e. The van der Waals surface area contributed by atoms with Crippen molar-refractivity contribution in [3.63, 3.8) is 0 Å². The number of nitrogens with zero attached hydrogens (tertiary/aromatic N) is 3. The van der Waals surface area contributed by atoms with Gasteiger partial charge in [-0.05, 0) is 42.8 Å². The van der Waals surface area contributed by atoms with Crippen LogP contribution < -0.4 is 5.43 Å². The molecule has 0 saturated carbocycles. The van der Waals surface area contributed by atoms with Crippen LogP contribution in [0.2, 0.25) is 0 Å². The summed E-state index contributed by atoms with van der Waals surface area (Å²) >= 11 is 0. The average Bonchev–Trinajstić information content (AvgIpc) is 3.01. The quantitative estimate of drug-likeness (QED) is 0.450. The molecule has 2 aromatic heterocycles. The van der Waals surface area contributed by atoms with Crippen LogP contribution in [0.5, 0.6) is 0 Å². The number of fused-ring (bicyclic) bond motifs is 3. The number of hydrogen-bond donors (Lipinski definition) is 1. The predicted octanol–water partition coefficient (Wildman–Crippen LogP) is 3.97. The SMILES string of the molecule is CCn1c2ccccc2c2cc(/C=N/NC(=O)c3ccccn3)ccc21. The monoisotopic (exact) mass is 342 g/mol. The van der Waals surface area contributed by atoms with Gasteiger partial charge in [-0.25, -0.2) is 5.43 Å². The number of pyridine rings is 1. The van der Waals surface area contributed by atoms with Crippen LogP contribution in [-0.4, -0.2) is 21.7 Å². The maximum Gasteiger partial charge on any atom is 0.289 e. The minimum atomic E-state index is -0.328. The Morgan fingerprint density at radius 1 is 1.08 bits per heavy atom. The van der Waals surface area contributed by atoms with Gasteiger partial charge in [0.15, 0.2) is 0 Å². The predicted molar refractivity (Wildman–Crippen MR) is 104 cm³/mol. The van der Waals surface area contributed by atoms with Crippen LogP contribution >= 0.6 is 0 Å². The summed E-state index contributed by atoms with van der Waals surface area (Å²) in [5.74, 6) is -0.328. The van der Waals surface area contributed by atoms with E-state index >= 15 is 0 Å². The number of benzene rings is 2. The number of amides is 1. The number of hydrazone groups is 1. The van der Waals surface area contributed by atoms with Crippen molar-refractivity contribution in [1.82, 2.24) is 15.0 Å². The Kier molecular flexibility index (Phi) is 4.19. The fraction of sp³-hybridized carbons (Fsp3) is 0.0952. The van der Waals surface area contributed by atoms with E-state index < -0.39 is 0 Å². The molecule has 128 valence electrons. The summed E-state index contributed by atoms with van der Waals surface area (Å²) in [7, 11) is 0. The van der Waals surface area contributed by atoms with Crippen molar-refractivity contribution in [1.29, 1.82) is 0 Å². The van der Waals surface area contributed by atoms with Crippen LogP contribution in [0.15, 0.2) is 72.0 Å². The second-order valence-corrected chi connectivity index (χ2v) is 5.95. The molecule has 1 amide bonds. The van der Waals surface area contributed by atoms with Crippen molar-refractivity contribution in [2.45, 2.75) is 13.5 Å². The lowest BCUT2D eigenvalue weighted by molar-refractivity contribution is 0.0950. The Morgan fingerprint density at radius 3 is 2.69 bits per heavy atom. The van der Waals surface area contributed by atoms with Gasteiger partial charge >= 0.3 is 0 Å². The Hall–Kier alpha value is -3.47. The minimum absolute atomic E-state index is 0.328. The van der Waals surface area contributed by atoms with Gasteiger partial charge in [0, 0.05) is 34.5 Å². The van der Waals surface area contributed by atoms with Gasteiger partial charge in [0.25, 0.3) is 5.91 Å². The van der Waals surface area contributed by atoms with Gasteiger partial charge in [-0.15, -0.1) is 0 Å². The third-order valence-corrected chi connectivity index (χ3v) is 4.39. The van der Waals surface area contributed by atoms with E-state index in [1.54, 1.807) is 30.6 Å². The molecule has 0 atom stereocenters. The third kappa shape index (κ3) is 2.84. The van der Waals surface area contributed by atoms with Crippen molar-refractivity contribution < 1.29 is 4.79 Å². The number of para-hydroxylation sites is 1.